The number of hydrogen-bond donors (Lipinski definition) is 4. The molecule has 7 heteroatoms. The van der Waals surface area contributed by atoms with Crippen molar-refractivity contribution in [1.29, 1.82) is 0 Å². The Morgan fingerprint density at radius 3 is 2.75 bits per heavy atom. The highest BCUT2D eigenvalue weighted by atomic mass is 16.3. The van der Waals surface area contributed by atoms with E-state index in [-0.39, 0.29) is 11.7 Å². The van der Waals surface area contributed by atoms with Crippen molar-refractivity contribution in [3.05, 3.63) is 41.6 Å². The molecule has 0 saturated carbocycles. The van der Waals surface area contributed by atoms with Crippen LogP contribution in [0.3, 0.4) is 0 Å². The SMILES string of the molecule is Cc1n[nH]c2nc(-c3ccc(O)cc3)cc(C(=O)NCCC3CCNCC3)c12. The maximum Gasteiger partial charge on any atom is 0.252 e. The van der Waals surface area contributed by atoms with Gasteiger partial charge in [0.1, 0.15) is 5.75 Å². The number of pyridine rings is 1. The van der Waals surface area contributed by atoms with Gasteiger partial charge in [0.25, 0.3) is 5.91 Å². The quantitative estimate of drug-likeness (QED) is 0.546. The normalized spacial score (nSPS) is 15.0. The topological polar surface area (TPSA) is 103 Å². The van der Waals surface area contributed by atoms with Crippen molar-refractivity contribution in [3.8, 4) is 17.0 Å². The number of carbonyl (C=O) groups is 1. The van der Waals surface area contributed by atoms with Crippen molar-refractivity contribution in [1.82, 2.24) is 25.8 Å². The summed E-state index contributed by atoms with van der Waals surface area (Å²) in [5.41, 5.74) is 3.41. The molecule has 146 valence electrons. The predicted octanol–water partition coefficient (Wildman–Crippen LogP) is 2.76. The summed E-state index contributed by atoms with van der Waals surface area (Å²) in [6.45, 7) is 4.66. The first-order valence-corrected chi connectivity index (χ1v) is 9.76. The second-order valence-corrected chi connectivity index (χ2v) is 7.37. The molecule has 0 bridgehead atoms. The van der Waals surface area contributed by atoms with Crippen molar-refractivity contribution >= 4 is 16.9 Å². The lowest BCUT2D eigenvalue weighted by Crippen LogP contribution is -2.31. The Labute approximate surface area is 163 Å². The van der Waals surface area contributed by atoms with Crippen LogP contribution in [0.2, 0.25) is 0 Å². The summed E-state index contributed by atoms with van der Waals surface area (Å²) in [6.07, 6.45) is 3.33. The van der Waals surface area contributed by atoms with Gasteiger partial charge in [-0.05, 0) is 75.5 Å². The van der Waals surface area contributed by atoms with E-state index in [2.05, 4.69) is 25.8 Å². The zero-order valence-corrected chi connectivity index (χ0v) is 16.0. The van der Waals surface area contributed by atoms with E-state index in [4.69, 9.17) is 0 Å². The molecule has 0 unspecified atom stereocenters. The maximum absolute atomic E-state index is 13.0. The minimum Gasteiger partial charge on any atom is -0.508 e. The summed E-state index contributed by atoms with van der Waals surface area (Å²) in [5, 5.41) is 23.9. The van der Waals surface area contributed by atoms with Crippen LogP contribution in [0.1, 0.15) is 35.3 Å². The van der Waals surface area contributed by atoms with Crippen LogP contribution in [-0.2, 0) is 0 Å². The lowest BCUT2D eigenvalue weighted by Gasteiger charge is -2.22. The molecule has 1 aromatic carbocycles. The van der Waals surface area contributed by atoms with Gasteiger partial charge >= 0.3 is 0 Å². The molecule has 0 radical (unpaired) electrons. The summed E-state index contributed by atoms with van der Waals surface area (Å²) in [7, 11) is 0. The predicted molar refractivity (Wildman–Crippen MR) is 108 cm³/mol. The maximum atomic E-state index is 13.0. The van der Waals surface area contributed by atoms with Crippen LogP contribution in [0.4, 0.5) is 0 Å². The molecule has 4 rings (SSSR count). The van der Waals surface area contributed by atoms with E-state index in [1.54, 1.807) is 30.3 Å². The van der Waals surface area contributed by atoms with Crippen LogP contribution in [0, 0.1) is 12.8 Å². The van der Waals surface area contributed by atoms with Crippen molar-refractivity contribution in [2.45, 2.75) is 26.2 Å². The average molecular weight is 379 g/mol. The molecule has 3 heterocycles. The van der Waals surface area contributed by atoms with Gasteiger partial charge in [-0.3, -0.25) is 9.89 Å². The number of carbonyl (C=O) groups excluding carboxylic acids is 1. The molecule has 1 aliphatic rings. The number of phenolic OH excluding ortho intramolecular Hbond substituents is 1. The second kappa shape index (κ2) is 7.98. The number of fused-ring (bicyclic) bond motifs is 1. The van der Waals surface area contributed by atoms with Gasteiger partial charge in [-0.1, -0.05) is 0 Å². The number of nitrogens with one attached hydrogen (secondary N) is 3. The van der Waals surface area contributed by atoms with Gasteiger partial charge in [0.15, 0.2) is 5.65 Å². The van der Waals surface area contributed by atoms with Crippen molar-refractivity contribution in [2.75, 3.05) is 19.6 Å². The van der Waals surface area contributed by atoms with Crippen LogP contribution >= 0.6 is 0 Å². The fraction of sp³-hybridized carbons (Fsp3) is 0.381. The standard InChI is InChI=1S/C21H25N5O2/c1-13-19-17(21(28)23-11-8-14-6-9-22-10-7-14)12-18(24-20(19)26-25-13)15-2-4-16(27)5-3-15/h2-5,12,14,22,27H,6-11H2,1H3,(H,23,28)(H,24,25,26). The first-order chi connectivity index (χ1) is 13.6. The average Bonchev–Trinajstić information content (AvgIpc) is 3.09. The Kier molecular flexibility index (Phi) is 5.25. The molecule has 2 aromatic heterocycles. The molecule has 3 aromatic rings. The van der Waals surface area contributed by atoms with Crippen molar-refractivity contribution in [3.63, 3.8) is 0 Å². The Morgan fingerprint density at radius 2 is 2.00 bits per heavy atom. The number of benzene rings is 1. The third-order valence-electron chi connectivity index (χ3n) is 5.42. The molecule has 7 nitrogen and oxygen atoms in total. The van der Waals surface area contributed by atoms with Gasteiger partial charge in [0.2, 0.25) is 0 Å². The molecule has 0 atom stereocenters. The van der Waals surface area contributed by atoms with Crippen LogP contribution in [0.5, 0.6) is 5.75 Å². The zero-order chi connectivity index (χ0) is 19.5. The Balaban J connectivity index is 1.58. The lowest BCUT2D eigenvalue weighted by molar-refractivity contribution is 0.0952. The second-order valence-electron chi connectivity index (χ2n) is 7.37. The smallest absolute Gasteiger partial charge is 0.252 e. The molecule has 1 aliphatic heterocycles. The molecule has 28 heavy (non-hydrogen) atoms. The molecule has 0 aliphatic carbocycles. The summed E-state index contributed by atoms with van der Waals surface area (Å²) in [4.78, 5) is 17.6. The molecular weight excluding hydrogens is 354 g/mol. The summed E-state index contributed by atoms with van der Waals surface area (Å²) in [5.74, 6) is 0.756. The van der Waals surface area contributed by atoms with E-state index in [0.717, 1.165) is 36.2 Å². The Bertz CT molecular complexity index is 974. The van der Waals surface area contributed by atoms with Crippen LogP contribution in [0.25, 0.3) is 22.3 Å². The number of rotatable bonds is 5. The van der Waals surface area contributed by atoms with Gasteiger partial charge in [-0.2, -0.15) is 5.10 Å². The number of phenols is 1. The van der Waals surface area contributed by atoms with Crippen molar-refractivity contribution < 1.29 is 9.90 Å². The summed E-state index contributed by atoms with van der Waals surface area (Å²) in [6, 6.07) is 8.59. The number of nitrogens with zero attached hydrogens (tertiary/aromatic N) is 2. The first-order valence-electron chi connectivity index (χ1n) is 9.76. The zero-order valence-electron chi connectivity index (χ0n) is 16.0. The summed E-state index contributed by atoms with van der Waals surface area (Å²) >= 11 is 0. The van der Waals surface area contributed by atoms with Crippen molar-refractivity contribution in [2.24, 2.45) is 5.92 Å². The largest absolute Gasteiger partial charge is 0.508 e. The van der Waals surface area contributed by atoms with E-state index in [9.17, 15) is 9.90 Å². The van der Waals surface area contributed by atoms with Gasteiger partial charge in [-0.15, -0.1) is 0 Å². The molecule has 0 spiro atoms. The third kappa shape index (κ3) is 3.84. The number of amides is 1. The van der Waals surface area contributed by atoms with Crippen LogP contribution in [0.15, 0.2) is 30.3 Å². The Hall–Kier alpha value is -2.93. The highest BCUT2D eigenvalue weighted by molar-refractivity contribution is 6.07. The Morgan fingerprint density at radius 1 is 1.25 bits per heavy atom. The first kappa shape index (κ1) is 18.4. The molecule has 1 saturated heterocycles. The number of piperidine rings is 1. The minimum atomic E-state index is -0.106. The van der Waals surface area contributed by atoms with E-state index in [1.165, 1.54) is 12.8 Å². The van der Waals surface area contributed by atoms with E-state index in [0.29, 0.717) is 29.4 Å². The molecule has 4 N–H and O–H groups in total. The molecule has 1 amide bonds. The highest BCUT2D eigenvalue weighted by Gasteiger charge is 2.18. The number of H-pyrrole nitrogens is 1. The van der Waals surface area contributed by atoms with Gasteiger partial charge < -0.3 is 15.7 Å². The minimum absolute atomic E-state index is 0.106. The fourth-order valence-electron chi connectivity index (χ4n) is 3.80. The number of hydrogen-bond acceptors (Lipinski definition) is 5. The number of aromatic nitrogens is 3. The molecular formula is C21H25N5O2. The van der Waals surface area contributed by atoms with E-state index in [1.807, 2.05) is 6.92 Å². The fourth-order valence-corrected chi connectivity index (χ4v) is 3.80. The monoisotopic (exact) mass is 379 g/mol. The number of aromatic hydroxyl groups is 1. The van der Waals surface area contributed by atoms with E-state index >= 15 is 0 Å². The van der Waals surface area contributed by atoms with Gasteiger partial charge in [0.05, 0.1) is 22.3 Å². The lowest BCUT2D eigenvalue weighted by atomic mass is 9.95. The highest BCUT2D eigenvalue weighted by Crippen LogP contribution is 2.27. The number of aromatic amines is 1. The summed E-state index contributed by atoms with van der Waals surface area (Å²) < 4.78 is 0. The van der Waals surface area contributed by atoms with Gasteiger partial charge in [-0.25, -0.2) is 4.98 Å². The third-order valence-corrected chi connectivity index (χ3v) is 5.42. The number of aryl methyl sites for hydroxylation is 1. The van der Waals surface area contributed by atoms with Crippen LogP contribution < -0.4 is 10.6 Å². The van der Waals surface area contributed by atoms with Crippen LogP contribution in [-0.4, -0.2) is 45.8 Å². The van der Waals surface area contributed by atoms with Gasteiger partial charge in [0, 0.05) is 12.1 Å². The molecule has 1 fully saturated rings. The van der Waals surface area contributed by atoms with E-state index < -0.39 is 0 Å².